The summed E-state index contributed by atoms with van der Waals surface area (Å²) in [5.41, 5.74) is 1.15. The average Bonchev–Trinajstić information content (AvgIpc) is 3.18. The summed E-state index contributed by atoms with van der Waals surface area (Å²) in [5.74, 6) is -0.660. The van der Waals surface area contributed by atoms with E-state index in [0.29, 0.717) is 56.0 Å². The van der Waals surface area contributed by atoms with Gasteiger partial charge in [0.15, 0.2) is 0 Å². The van der Waals surface area contributed by atoms with Crippen LogP contribution in [0.5, 0.6) is 0 Å². The number of halogens is 1. The molecule has 1 aliphatic heterocycles. The predicted molar refractivity (Wildman–Crippen MR) is 118 cm³/mol. The lowest BCUT2D eigenvalue weighted by Crippen LogP contribution is -2.41. The van der Waals surface area contributed by atoms with Crippen molar-refractivity contribution in [2.45, 2.75) is 45.1 Å². The van der Waals surface area contributed by atoms with Crippen molar-refractivity contribution in [3.05, 3.63) is 47.5 Å². The van der Waals surface area contributed by atoms with Crippen LogP contribution in [0.15, 0.2) is 30.5 Å². The number of rotatable bonds is 6. The van der Waals surface area contributed by atoms with Gasteiger partial charge in [0.05, 0.1) is 29.7 Å². The van der Waals surface area contributed by atoms with Gasteiger partial charge in [0.2, 0.25) is 0 Å². The van der Waals surface area contributed by atoms with Gasteiger partial charge in [0, 0.05) is 32.7 Å². The fourth-order valence-electron chi connectivity index (χ4n) is 3.76. The number of amides is 2. The molecule has 2 heterocycles. The molecule has 0 saturated carbocycles. The number of carbonyl (C=O) groups is 2. The van der Waals surface area contributed by atoms with Crippen molar-refractivity contribution in [1.29, 1.82) is 0 Å². The Bertz CT molecular complexity index is 946. The van der Waals surface area contributed by atoms with E-state index >= 15 is 0 Å². The highest BCUT2D eigenvalue weighted by Crippen LogP contribution is 2.32. The molecule has 2 amide bonds. The number of hydrogen-bond donors (Lipinski definition) is 1. The first-order valence-electron chi connectivity index (χ1n) is 10.8. The predicted octanol–water partition coefficient (Wildman–Crippen LogP) is 3.50. The van der Waals surface area contributed by atoms with Crippen molar-refractivity contribution in [2.24, 2.45) is 0 Å². The van der Waals surface area contributed by atoms with E-state index in [1.165, 1.54) is 18.3 Å². The molecular formula is C23H31FN4O4. The molecule has 1 fully saturated rings. The van der Waals surface area contributed by atoms with Gasteiger partial charge in [0.1, 0.15) is 11.4 Å². The minimum atomic E-state index is -0.558. The SMILES string of the molecule is COCCNC(=O)c1cnn(-c2cccc(F)c2)c1C1CCN(C(=O)OC(C)(C)C)CC1. The van der Waals surface area contributed by atoms with E-state index in [1.54, 1.807) is 28.8 Å². The first-order valence-corrected chi connectivity index (χ1v) is 10.8. The van der Waals surface area contributed by atoms with Crippen molar-refractivity contribution < 1.29 is 23.5 Å². The molecule has 3 rings (SSSR count). The van der Waals surface area contributed by atoms with Crippen molar-refractivity contribution in [3.8, 4) is 5.69 Å². The second-order valence-electron chi connectivity index (χ2n) is 8.83. The number of hydrogen-bond acceptors (Lipinski definition) is 5. The number of carbonyl (C=O) groups excluding carboxylic acids is 2. The number of aromatic nitrogens is 2. The molecular weight excluding hydrogens is 415 g/mol. The molecule has 32 heavy (non-hydrogen) atoms. The molecule has 1 aromatic carbocycles. The summed E-state index contributed by atoms with van der Waals surface area (Å²) in [6.07, 6.45) is 2.45. The summed E-state index contributed by atoms with van der Waals surface area (Å²) in [6.45, 7) is 7.28. The Morgan fingerprint density at radius 1 is 1.25 bits per heavy atom. The number of likely N-dealkylation sites (tertiary alicyclic amines) is 1. The molecule has 9 heteroatoms. The molecule has 0 atom stereocenters. The van der Waals surface area contributed by atoms with Crippen molar-refractivity contribution >= 4 is 12.0 Å². The zero-order valence-corrected chi connectivity index (χ0v) is 19.1. The van der Waals surface area contributed by atoms with Gasteiger partial charge in [-0.3, -0.25) is 4.79 Å². The van der Waals surface area contributed by atoms with Gasteiger partial charge in [-0.05, 0) is 51.8 Å². The van der Waals surface area contributed by atoms with Crippen molar-refractivity contribution in [3.63, 3.8) is 0 Å². The van der Waals surface area contributed by atoms with Gasteiger partial charge < -0.3 is 19.7 Å². The molecule has 0 bridgehead atoms. The zero-order chi connectivity index (χ0) is 23.3. The van der Waals surface area contributed by atoms with Crippen LogP contribution in [0.1, 0.15) is 55.6 Å². The third kappa shape index (κ3) is 5.85. The number of piperidine rings is 1. The van der Waals surface area contributed by atoms with E-state index in [9.17, 15) is 14.0 Å². The molecule has 0 aliphatic carbocycles. The van der Waals surface area contributed by atoms with E-state index in [1.807, 2.05) is 20.8 Å². The van der Waals surface area contributed by atoms with E-state index in [2.05, 4.69) is 10.4 Å². The molecule has 0 unspecified atom stereocenters. The van der Waals surface area contributed by atoms with Gasteiger partial charge in [-0.25, -0.2) is 13.9 Å². The van der Waals surface area contributed by atoms with E-state index in [-0.39, 0.29) is 23.7 Å². The first kappa shape index (κ1) is 23.7. The lowest BCUT2D eigenvalue weighted by atomic mass is 9.91. The smallest absolute Gasteiger partial charge is 0.410 e. The van der Waals surface area contributed by atoms with Gasteiger partial charge in [-0.1, -0.05) is 6.07 Å². The second-order valence-corrected chi connectivity index (χ2v) is 8.83. The maximum absolute atomic E-state index is 13.9. The van der Waals surface area contributed by atoms with Crippen molar-refractivity contribution in [1.82, 2.24) is 20.0 Å². The third-order valence-corrected chi connectivity index (χ3v) is 5.23. The van der Waals surface area contributed by atoms with Crippen LogP contribution in [0.2, 0.25) is 0 Å². The summed E-state index contributed by atoms with van der Waals surface area (Å²) < 4.78 is 26.0. The topological polar surface area (TPSA) is 85.7 Å². The van der Waals surface area contributed by atoms with Gasteiger partial charge in [-0.2, -0.15) is 5.10 Å². The number of methoxy groups -OCH3 is 1. The summed E-state index contributed by atoms with van der Waals surface area (Å²) in [6, 6.07) is 6.12. The number of benzene rings is 1. The maximum Gasteiger partial charge on any atom is 0.410 e. The summed E-state index contributed by atoms with van der Waals surface area (Å²) in [7, 11) is 1.57. The number of ether oxygens (including phenoxy) is 2. The highest BCUT2D eigenvalue weighted by molar-refractivity contribution is 5.95. The molecule has 1 aliphatic rings. The Morgan fingerprint density at radius 2 is 1.97 bits per heavy atom. The minimum Gasteiger partial charge on any atom is -0.444 e. The Kier molecular flexibility index (Phi) is 7.50. The second kappa shape index (κ2) is 10.1. The van der Waals surface area contributed by atoms with Crippen LogP contribution < -0.4 is 5.32 Å². The first-order chi connectivity index (χ1) is 15.2. The lowest BCUT2D eigenvalue weighted by Gasteiger charge is -2.34. The van der Waals surface area contributed by atoms with Gasteiger partial charge in [0.25, 0.3) is 5.91 Å². The summed E-state index contributed by atoms with van der Waals surface area (Å²) >= 11 is 0. The molecule has 2 aromatic rings. The van der Waals surface area contributed by atoms with Crippen LogP contribution in [0.3, 0.4) is 0 Å². The van der Waals surface area contributed by atoms with Crippen LogP contribution in [0.25, 0.3) is 5.69 Å². The lowest BCUT2D eigenvalue weighted by molar-refractivity contribution is 0.0203. The Hall–Kier alpha value is -2.94. The number of nitrogens with zero attached hydrogens (tertiary/aromatic N) is 3. The zero-order valence-electron chi connectivity index (χ0n) is 19.1. The molecule has 0 spiro atoms. The summed E-state index contributed by atoms with van der Waals surface area (Å²) in [5, 5.41) is 7.24. The Morgan fingerprint density at radius 3 is 2.59 bits per heavy atom. The maximum atomic E-state index is 13.9. The molecule has 1 N–H and O–H groups in total. The quantitative estimate of drug-likeness (QED) is 0.687. The van der Waals surface area contributed by atoms with Crippen LogP contribution in [-0.2, 0) is 9.47 Å². The molecule has 8 nitrogen and oxygen atoms in total. The highest BCUT2D eigenvalue weighted by Gasteiger charge is 2.32. The Labute approximate surface area is 187 Å². The molecule has 1 saturated heterocycles. The van der Waals surface area contributed by atoms with Crippen LogP contribution in [0, 0.1) is 5.82 Å². The van der Waals surface area contributed by atoms with Gasteiger partial charge >= 0.3 is 6.09 Å². The highest BCUT2D eigenvalue weighted by atomic mass is 19.1. The molecule has 0 radical (unpaired) electrons. The standard InChI is InChI=1S/C23H31FN4O4/c1-23(2,3)32-22(30)27-11-8-16(9-12-27)20-19(21(29)25-10-13-31-4)15-26-28(20)18-7-5-6-17(24)14-18/h5-7,14-16H,8-13H2,1-4H3,(H,25,29). The normalized spacial score (nSPS) is 15.0. The largest absolute Gasteiger partial charge is 0.444 e. The fourth-order valence-corrected chi connectivity index (χ4v) is 3.76. The van der Waals surface area contributed by atoms with E-state index in [0.717, 1.165) is 0 Å². The van der Waals surface area contributed by atoms with E-state index < -0.39 is 5.60 Å². The summed E-state index contributed by atoms with van der Waals surface area (Å²) in [4.78, 5) is 27.0. The van der Waals surface area contributed by atoms with Gasteiger partial charge in [-0.15, -0.1) is 0 Å². The minimum absolute atomic E-state index is 0.0253. The van der Waals surface area contributed by atoms with Crippen LogP contribution in [0.4, 0.5) is 9.18 Å². The van der Waals surface area contributed by atoms with Crippen molar-refractivity contribution in [2.75, 3.05) is 33.4 Å². The van der Waals surface area contributed by atoms with E-state index in [4.69, 9.17) is 9.47 Å². The monoisotopic (exact) mass is 446 g/mol. The number of nitrogens with one attached hydrogen (secondary N) is 1. The average molecular weight is 447 g/mol. The molecule has 1 aromatic heterocycles. The third-order valence-electron chi connectivity index (χ3n) is 5.23. The Balaban J connectivity index is 1.84. The van der Waals surface area contributed by atoms with Crippen LogP contribution in [-0.4, -0.2) is 65.6 Å². The fraction of sp³-hybridized carbons (Fsp3) is 0.522. The molecule has 174 valence electrons. The van der Waals surface area contributed by atoms with Crippen LogP contribution >= 0.6 is 0 Å².